The summed E-state index contributed by atoms with van der Waals surface area (Å²) in [6, 6.07) is 3.55. The summed E-state index contributed by atoms with van der Waals surface area (Å²) in [5.41, 5.74) is 5.86. The van der Waals surface area contributed by atoms with Crippen molar-refractivity contribution in [1.82, 2.24) is 9.97 Å². The quantitative estimate of drug-likeness (QED) is 0.804. The summed E-state index contributed by atoms with van der Waals surface area (Å²) < 4.78 is 39.8. The van der Waals surface area contributed by atoms with Gasteiger partial charge in [0, 0.05) is 5.39 Å². The smallest absolute Gasteiger partial charge is 0.406 e. The second-order valence-electron chi connectivity index (χ2n) is 3.10. The van der Waals surface area contributed by atoms with Gasteiger partial charge < -0.3 is 10.5 Å². The van der Waals surface area contributed by atoms with Crippen molar-refractivity contribution in [3.05, 3.63) is 23.5 Å². The predicted octanol–water partition coefficient (Wildman–Crippen LogP) is 2.76. The number of nitrogens with zero attached hydrogens (tertiary/aromatic N) is 2. The van der Waals surface area contributed by atoms with E-state index >= 15 is 0 Å². The molecule has 8 heteroatoms. The molecule has 0 unspecified atom stereocenters. The van der Waals surface area contributed by atoms with Crippen LogP contribution in [0.2, 0.25) is 5.28 Å². The summed E-state index contributed by atoms with van der Waals surface area (Å²) in [7, 11) is 0. The SMILES string of the molecule is Nc1nc(Cl)nc2ccc(OC(F)(F)F)cc12. The second kappa shape index (κ2) is 3.92. The highest BCUT2D eigenvalue weighted by Gasteiger charge is 2.31. The van der Waals surface area contributed by atoms with E-state index in [2.05, 4.69) is 14.7 Å². The number of anilines is 1. The minimum Gasteiger partial charge on any atom is -0.406 e. The maximum atomic E-state index is 12.0. The van der Waals surface area contributed by atoms with Crippen LogP contribution in [-0.4, -0.2) is 16.3 Å². The second-order valence-corrected chi connectivity index (χ2v) is 3.44. The van der Waals surface area contributed by atoms with Crippen LogP contribution in [0.1, 0.15) is 0 Å². The molecule has 2 aromatic rings. The summed E-state index contributed by atoms with van der Waals surface area (Å²) in [5, 5.41) is 0.177. The van der Waals surface area contributed by atoms with E-state index in [1.807, 2.05) is 0 Å². The molecule has 0 aliphatic rings. The van der Waals surface area contributed by atoms with Crippen LogP contribution in [-0.2, 0) is 0 Å². The fraction of sp³-hybridized carbons (Fsp3) is 0.111. The normalized spacial score (nSPS) is 11.8. The number of benzene rings is 1. The number of hydrogen-bond donors (Lipinski definition) is 1. The molecule has 0 radical (unpaired) electrons. The Balaban J connectivity index is 2.51. The predicted molar refractivity (Wildman–Crippen MR) is 55.6 cm³/mol. The minimum atomic E-state index is -4.75. The van der Waals surface area contributed by atoms with Crippen LogP contribution in [0.4, 0.5) is 19.0 Å². The Morgan fingerprint density at radius 3 is 2.59 bits per heavy atom. The fourth-order valence-electron chi connectivity index (χ4n) is 1.30. The van der Waals surface area contributed by atoms with E-state index in [1.165, 1.54) is 6.07 Å². The van der Waals surface area contributed by atoms with Crippen molar-refractivity contribution in [2.75, 3.05) is 5.73 Å². The standard InChI is InChI=1S/C9H5ClF3N3O/c10-8-15-6-2-1-4(17-9(11,12)13)3-5(6)7(14)16-8/h1-3H,(H2,14,15,16). The molecule has 0 amide bonds. The van der Waals surface area contributed by atoms with E-state index in [-0.39, 0.29) is 22.2 Å². The molecule has 90 valence electrons. The first-order valence-corrected chi connectivity index (χ1v) is 4.71. The van der Waals surface area contributed by atoms with Gasteiger partial charge in [-0.3, -0.25) is 0 Å². The van der Waals surface area contributed by atoms with Crippen molar-refractivity contribution >= 4 is 28.3 Å². The number of nitrogens with two attached hydrogens (primary N) is 1. The molecule has 0 aliphatic heterocycles. The van der Waals surface area contributed by atoms with Crippen molar-refractivity contribution in [3.8, 4) is 5.75 Å². The Hall–Kier alpha value is -1.76. The lowest BCUT2D eigenvalue weighted by Crippen LogP contribution is -2.17. The molecule has 2 rings (SSSR count). The molecule has 1 aromatic carbocycles. The van der Waals surface area contributed by atoms with Crippen LogP contribution in [0.25, 0.3) is 10.9 Å². The average molecular weight is 264 g/mol. The Kier molecular flexibility index (Phi) is 2.70. The van der Waals surface area contributed by atoms with Gasteiger partial charge in [0.15, 0.2) is 0 Å². The zero-order valence-electron chi connectivity index (χ0n) is 8.12. The number of alkyl halides is 3. The van der Waals surface area contributed by atoms with E-state index in [0.29, 0.717) is 5.52 Å². The lowest BCUT2D eigenvalue weighted by molar-refractivity contribution is -0.274. The van der Waals surface area contributed by atoms with E-state index in [1.54, 1.807) is 0 Å². The first kappa shape index (κ1) is 11.7. The van der Waals surface area contributed by atoms with Gasteiger partial charge in [0.2, 0.25) is 5.28 Å². The molecular weight excluding hydrogens is 259 g/mol. The van der Waals surface area contributed by atoms with Gasteiger partial charge in [0.1, 0.15) is 11.6 Å². The number of aromatic nitrogens is 2. The molecule has 0 saturated carbocycles. The molecule has 4 nitrogen and oxygen atoms in total. The third-order valence-corrected chi connectivity index (χ3v) is 2.07. The Bertz CT molecular complexity index is 573. The van der Waals surface area contributed by atoms with Crippen LogP contribution < -0.4 is 10.5 Å². The van der Waals surface area contributed by atoms with E-state index in [4.69, 9.17) is 17.3 Å². The summed E-state index contributed by atoms with van der Waals surface area (Å²) in [4.78, 5) is 7.45. The van der Waals surface area contributed by atoms with Gasteiger partial charge in [0.05, 0.1) is 5.52 Å². The molecule has 1 heterocycles. The summed E-state index contributed by atoms with van der Waals surface area (Å²) in [6.45, 7) is 0. The Labute approximate surface area is 98.2 Å². The van der Waals surface area contributed by atoms with Gasteiger partial charge in [0.25, 0.3) is 0 Å². The molecule has 0 fully saturated rings. The van der Waals surface area contributed by atoms with Gasteiger partial charge in [-0.2, -0.15) is 0 Å². The molecular formula is C9H5ClF3N3O. The topological polar surface area (TPSA) is 61.0 Å². The highest BCUT2D eigenvalue weighted by atomic mass is 35.5. The van der Waals surface area contributed by atoms with Gasteiger partial charge >= 0.3 is 6.36 Å². The summed E-state index contributed by atoms with van der Waals surface area (Å²) in [6.07, 6.45) is -4.75. The van der Waals surface area contributed by atoms with Crippen molar-refractivity contribution in [2.24, 2.45) is 0 Å². The van der Waals surface area contributed by atoms with Crippen LogP contribution in [0.5, 0.6) is 5.75 Å². The van der Waals surface area contributed by atoms with Gasteiger partial charge in [-0.05, 0) is 29.8 Å². The fourth-order valence-corrected chi connectivity index (χ4v) is 1.48. The number of hydrogen-bond acceptors (Lipinski definition) is 4. The lowest BCUT2D eigenvalue weighted by atomic mass is 10.2. The molecule has 17 heavy (non-hydrogen) atoms. The molecule has 0 aliphatic carbocycles. The third-order valence-electron chi connectivity index (χ3n) is 1.90. The monoisotopic (exact) mass is 263 g/mol. The number of fused-ring (bicyclic) bond motifs is 1. The lowest BCUT2D eigenvalue weighted by Gasteiger charge is -2.09. The molecule has 0 atom stereocenters. The number of halogens is 4. The summed E-state index contributed by atoms with van der Waals surface area (Å²) >= 11 is 5.56. The van der Waals surface area contributed by atoms with Crippen molar-refractivity contribution in [2.45, 2.75) is 6.36 Å². The molecule has 0 saturated heterocycles. The molecule has 0 bridgehead atoms. The van der Waals surface area contributed by atoms with Crippen LogP contribution in [0.15, 0.2) is 18.2 Å². The van der Waals surface area contributed by atoms with E-state index < -0.39 is 6.36 Å². The number of nitrogen functional groups attached to an aromatic ring is 1. The largest absolute Gasteiger partial charge is 0.573 e. The van der Waals surface area contributed by atoms with Crippen LogP contribution in [0, 0.1) is 0 Å². The maximum Gasteiger partial charge on any atom is 0.573 e. The first-order valence-electron chi connectivity index (χ1n) is 4.34. The van der Waals surface area contributed by atoms with Gasteiger partial charge in [-0.1, -0.05) is 0 Å². The van der Waals surface area contributed by atoms with Crippen molar-refractivity contribution < 1.29 is 17.9 Å². The van der Waals surface area contributed by atoms with Gasteiger partial charge in [-0.15, -0.1) is 13.2 Å². The van der Waals surface area contributed by atoms with Gasteiger partial charge in [-0.25, -0.2) is 9.97 Å². The van der Waals surface area contributed by atoms with E-state index in [9.17, 15) is 13.2 Å². The number of ether oxygens (including phenoxy) is 1. The number of rotatable bonds is 1. The minimum absolute atomic E-state index is 0.00683. The molecule has 1 aromatic heterocycles. The molecule has 0 spiro atoms. The molecule has 2 N–H and O–H groups in total. The first-order chi connectivity index (χ1) is 7.85. The van der Waals surface area contributed by atoms with Crippen molar-refractivity contribution in [3.63, 3.8) is 0 Å². The maximum absolute atomic E-state index is 12.0. The highest BCUT2D eigenvalue weighted by Crippen LogP contribution is 2.28. The summed E-state index contributed by atoms with van der Waals surface area (Å²) in [5.74, 6) is -0.393. The Morgan fingerprint density at radius 2 is 1.94 bits per heavy atom. The van der Waals surface area contributed by atoms with Crippen molar-refractivity contribution in [1.29, 1.82) is 0 Å². The Morgan fingerprint density at radius 1 is 1.24 bits per heavy atom. The van der Waals surface area contributed by atoms with Crippen LogP contribution >= 0.6 is 11.6 Å². The highest BCUT2D eigenvalue weighted by molar-refractivity contribution is 6.28. The third kappa shape index (κ3) is 2.68. The zero-order chi connectivity index (χ0) is 12.6. The van der Waals surface area contributed by atoms with E-state index in [0.717, 1.165) is 12.1 Å². The van der Waals surface area contributed by atoms with Crippen LogP contribution in [0.3, 0.4) is 0 Å². The average Bonchev–Trinajstić information content (AvgIpc) is 2.16. The zero-order valence-corrected chi connectivity index (χ0v) is 8.88.